The monoisotopic (exact) mass is 543 g/mol. The highest BCUT2D eigenvalue weighted by Crippen LogP contribution is 2.31. The van der Waals surface area contributed by atoms with Crippen molar-refractivity contribution in [3.05, 3.63) is 125 Å². The molecule has 5 rings (SSSR count). The molecule has 1 aliphatic heterocycles. The Kier molecular flexibility index (Phi) is 7.31. The van der Waals surface area contributed by atoms with E-state index in [4.69, 9.17) is 21.3 Å². The van der Waals surface area contributed by atoms with Gasteiger partial charge in [-0.1, -0.05) is 77.0 Å². The van der Waals surface area contributed by atoms with Crippen LogP contribution in [0.25, 0.3) is 6.08 Å². The Morgan fingerprint density at radius 2 is 1.84 bits per heavy atom. The third-order valence-electron chi connectivity index (χ3n) is 6.24. The van der Waals surface area contributed by atoms with E-state index in [0.29, 0.717) is 43.7 Å². The molecular formula is C30H26ClN3O3S. The number of ether oxygens (including phenoxy) is 1. The van der Waals surface area contributed by atoms with Crippen LogP contribution in [-0.4, -0.2) is 17.1 Å². The zero-order chi connectivity index (χ0) is 26.8. The first-order valence-corrected chi connectivity index (χ1v) is 13.4. The number of carbonyl (C=O) groups excluding carboxylic acids is 1. The summed E-state index contributed by atoms with van der Waals surface area (Å²) in [5, 5.41) is 3.44. The number of hydrogen-bond acceptors (Lipinski definition) is 5. The summed E-state index contributed by atoms with van der Waals surface area (Å²) in [7, 11) is 0. The average Bonchev–Trinajstić information content (AvgIpc) is 3.20. The molecule has 2 heterocycles. The molecule has 0 saturated carbocycles. The molecule has 0 unspecified atom stereocenters. The molecule has 1 amide bonds. The minimum Gasteiger partial charge on any atom is -0.492 e. The van der Waals surface area contributed by atoms with Gasteiger partial charge in [-0.25, -0.2) is 4.99 Å². The summed E-state index contributed by atoms with van der Waals surface area (Å²) in [6.07, 6.45) is 1.79. The van der Waals surface area contributed by atoms with Crippen molar-refractivity contribution < 1.29 is 9.53 Å². The highest BCUT2D eigenvalue weighted by molar-refractivity contribution is 7.07. The van der Waals surface area contributed by atoms with E-state index in [9.17, 15) is 9.59 Å². The van der Waals surface area contributed by atoms with Gasteiger partial charge in [0, 0.05) is 5.69 Å². The lowest BCUT2D eigenvalue weighted by Gasteiger charge is -2.25. The number of rotatable bonds is 6. The van der Waals surface area contributed by atoms with E-state index in [2.05, 4.69) is 5.32 Å². The maximum atomic E-state index is 13.8. The quantitative estimate of drug-likeness (QED) is 0.362. The van der Waals surface area contributed by atoms with Crippen LogP contribution in [0.2, 0.25) is 5.02 Å². The molecule has 1 aromatic heterocycles. The number of allylic oxidation sites excluding steroid dienone is 1. The third kappa shape index (κ3) is 5.08. The second-order valence-electron chi connectivity index (χ2n) is 8.94. The molecule has 0 bridgehead atoms. The molecule has 4 aromatic rings. The summed E-state index contributed by atoms with van der Waals surface area (Å²) in [5.41, 5.74) is 4.15. The first-order chi connectivity index (χ1) is 18.4. The molecule has 1 atom stereocenters. The van der Waals surface area contributed by atoms with E-state index in [1.165, 1.54) is 11.3 Å². The molecule has 38 heavy (non-hydrogen) atoms. The molecule has 1 N–H and O–H groups in total. The summed E-state index contributed by atoms with van der Waals surface area (Å²) >= 11 is 7.66. The lowest BCUT2D eigenvalue weighted by Crippen LogP contribution is -2.40. The maximum Gasteiger partial charge on any atom is 0.271 e. The van der Waals surface area contributed by atoms with Crippen molar-refractivity contribution in [1.29, 1.82) is 0 Å². The van der Waals surface area contributed by atoms with Gasteiger partial charge in [0.15, 0.2) is 4.80 Å². The van der Waals surface area contributed by atoms with Crippen LogP contribution >= 0.6 is 22.9 Å². The van der Waals surface area contributed by atoms with Crippen molar-refractivity contribution in [2.45, 2.75) is 26.8 Å². The third-order valence-corrected chi connectivity index (χ3v) is 7.52. The molecule has 192 valence electrons. The normalized spacial score (nSPS) is 15.2. The first-order valence-electron chi connectivity index (χ1n) is 12.2. The van der Waals surface area contributed by atoms with Crippen LogP contribution in [0, 0.1) is 6.92 Å². The van der Waals surface area contributed by atoms with Crippen LogP contribution < -0.4 is 24.9 Å². The Morgan fingerprint density at radius 3 is 2.53 bits per heavy atom. The number of halogens is 1. The minimum atomic E-state index is -0.623. The first kappa shape index (κ1) is 25.7. The number of aromatic nitrogens is 1. The van der Waals surface area contributed by atoms with Gasteiger partial charge in [-0.15, -0.1) is 0 Å². The lowest BCUT2D eigenvalue weighted by atomic mass is 9.94. The van der Waals surface area contributed by atoms with Crippen LogP contribution in [0.15, 0.2) is 93.9 Å². The van der Waals surface area contributed by atoms with Gasteiger partial charge in [0.05, 0.1) is 33.5 Å². The molecule has 3 aromatic carbocycles. The van der Waals surface area contributed by atoms with E-state index >= 15 is 0 Å². The summed E-state index contributed by atoms with van der Waals surface area (Å²) in [5.74, 6) is 0.299. The van der Waals surface area contributed by atoms with Gasteiger partial charge in [0.1, 0.15) is 5.75 Å². The highest BCUT2D eigenvalue weighted by Gasteiger charge is 2.32. The smallest absolute Gasteiger partial charge is 0.271 e. The van der Waals surface area contributed by atoms with E-state index in [1.807, 2.05) is 81.4 Å². The van der Waals surface area contributed by atoms with Crippen LogP contribution in [0.4, 0.5) is 5.69 Å². The van der Waals surface area contributed by atoms with Gasteiger partial charge in [0.25, 0.3) is 11.5 Å². The molecule has 0 radical (unpaired) electrons. The number of amides is 1. The van der Waals surface area contributed by atoms with Gasteiger partial charge in [0.2, 0.25) is 0 Å². The standard InChI is InChI=1S/C30H26ClN3O3S/c1-4-37-24-15-12-20(16-23(24)31)17-25-29(36)34-27(21-13-10-18(2)11-14-21)26(19(3)32-30(34)38-25)28(35)33-22-8-6-5-7-9-22/h5-17,27H,4H2,1-3H3,(H,33,35)/b25-17-/t27-/m0/s1. The fourth-order valence-electron chi connectivity index (χ4n) is 4.43. The number of aryl methyl sites for hydroxylation is 1. The highest BCUT2D eigenvalue weighted by atomic mass is 35.5. The number of hydrogen-bond donors (Lipinski definition) is 1. The largest absolute Gasteiger partial charge is 0.492 e. The Balaban J connectivity index is 1.64. The van der Waals surface area contributed by atoms with Gasteiger partial charge in [-0.2, -0.15) is 0 Å². The van der Waals surface area contributed by atoms with Crippen molar-refractivity contribution >= 4 is 40.6 Å². The molecular weight excluding hydrogens is 518 g/mol. The van der Waals surface area contributed by atoms with Gasteiger partial charge < -0.3 is 10.1 Å². The predicted octanol–water partition coefficient (Wildman–Crippen LogP) is 5.23. The van der Waals surface area contributed by atoms with Crippen molar-refractivity contribution in [3.8, 4) is 5.75 Å². The summed E-state index contributed by atoms with van der Waals surface area (Å²) in [4.78, 5) is 32.7. The number of anilines is 1. The molecule has 0 spiro atoms. The Morgan fingerprint density at radius 1 is 1.11 bits per heavy atom. The molecule has 6 nitrogen and oxygen atoms in total. The zero-order valence-corrected chi connectivity index (χ0v) is 22.8. The summed E-state index contributed by atoms with van der Waals surface area (Å²) in [6, 6.07) is 21.9. The number of nitrogens with one attached hydrogen (secondary N) is 1. The number of carbonyl (C=O) groups is 1. The Labute approximate surface area is 229 Å². The number of benzene rings is 3. The average molecular weight is 544 g/mol. The van der Waals surface area contributed by atoms with Crippen molar-refractivity contribution in [1.82, 2.24) is 4.57 Å². The number of para-hydroxylation sites is 1. The van der Waals surface area contributed by atoms with Crippen LogP contribution in [-0.2, 0) is 4.79 Å². The summed E-state index contributed by atoms with van der Waals surface area (Å²) < 4.78 is 7.64. The number of thiazole rings is 1. The zero-order valence-electron chi connectivity index (χ0n) is 21.2. The fraction of sp³-hybridized carbons (Fsp3) is 0.167. The predicted molar refractivity (Wildman–Crippen MR) is 153 cm³/mol. The number of nitrogens with zero attached hydrogens (tertiary/aromatic N) is 2. The van der Waals surface area contributed by atoms with Gasteiger partial charge in [-0.3, -0.25) is 14.2 Å². The van der Waals surface area contributed by atoms with Crippen LogP contribution in [0.3, 0.4) is 0 Å². The Hall–Kier alpha value is -3.94. The molecule has 8 heteroatoms. The second-order valence-corrected chi connectivity index (χ2v) is 10.4. The van der Waals surface area contributed by atoms with E-state index in [0.717, 1.165) is 16.7 Å². The molecule has 1 aliphatic rings. The van der Waals surface area contributed by atoms with Crippen LogP contribution in [0.5, 0.6) is 5.75 Å². The van der Waals surface area contributed by atoms with E-state index in [-0.39, 0.29) is 11.5 Å². The SMILES string of the molecule is CCOc1ccc(/C=c2\sc3n(c2=O)[C@@H](c2ccc(C)cc2)C(C(=O)Nc2ccccc2)=C(C)N=3)cc1Cl. The topological polar surface area (TPSA) is 72.7 Å². The number of fused-ring (bicyclic) bond motifs is 1. The van der Waals surface area contributed by atoms with Crippen LogP contribution in [0.1, 0.15) is 36.6 Å². The van der Waals surface area contributed by atoms with E-state index < -0.39 is 6.04 Å². The molecule has 0 fully saturated rings. The van der Waals surface area contributed by atoms with Gasteiger partial charge in [-0.05, 0) is 62.2 Å². The fourth-order valence-corrected chi connectivity index (χ4v) is 5.72. The minimum absolute atomic E-state index is 0.221. The molecule has 0 saturated heterocycles. The molecule has 0 aliphatic carbocycles. The van der Waals surface area contributed by atoms with Gasteiger partial charge >= 0.3 is 0 Å². The summed E-state index contributed by atoms with van der Waals surface area (Å²) in [6.45, 7) is 6.22. The lowest BCUT2D eigenvalue weighted by molar-refractivity contribution is -0.113. The maximum absolute atomic E-state index is 13.8. The van der Waals surface area contributed by atoms with Crippen molar-refractivity contribution in [3.63, 3.8) is 0 Å². The van der Waals surface area contributed by atoms with E-state index in [1.54, 1.807) is 22.8 Å². The van der Waals surface area contributed by atoms with Crippen molar-refractivity contribution in [2.75, 3.05) is 11.9 Å². The Bertz CT molecular complexity index is 1720. The second kappa shape index (κ2) is 10.8. The van der Waals surface area contributed by atoms with Crippen molar-refractivity contribution in [2.24, 2.45) is 4.99 Å².